The molecule has 22 heavy (non-hydrogen) atoms. The third-order valence-corrected chi connectivity index (χ3v) is 3.17. The molecule has 1 aromatic heterocycles. The molecule has 1 heterocycles. The molecular formula is C16H12FN3O2. The summed E-state index contributed by atoms with van der Waals surface area (Å²) in [7, 11) is 1.52. The van der Waals surface area contributed by atoms with E-state index >= 15 is 0 Å². The lowest BCUT2D eigenvalue weighted by molar-refractivity contribution is 0.330. The van der Waals surface area contributed by atoms with Crippen molar-refractivity contribution in [2.45, 2.75) is 0 Å². The van der Waals surface area contributed by atoms with Gasteiger partial charge in [-0.1, -0.05) is 0 Å². The minimum atomic E-state index is -0.319. The van der Waals surface area contributed by atoms with Crippen molar-refractivity contribution in [2.75, 3.05) is 13.7 Å². The number of nitriles is 1. The van der Waals surface area contributed by atoms with Crippen LogP contribution in [0.25, 0.3) is 22.4 Å². The van der Waals surface area contributed by atoms with E-state index in [1.165, 1.54) is 19.2 Å². The highest BCUT2D eigenvalue weighted by atomic mass is 19.1. The van der Waals surface area contributed by atoms with Gasteiger partial charge in [0.1, 0.15) is 17.7 Å². The van der Waals surface area contributed by atoms with Gasteiger partial charge in [-0.05, 0) is 36.4 Å². The second-order valence-corrected chi connectivity index (χ2v) is 4.56. The quantitative estimate of drug-likeness (QED) is 0.802. The molecule has 0 bridgehead atoms. The molecule has 1 N–H and O–H groups in total. The average molecular weight is 297 g/mol. The number of ether oxygens (including phenoxy) is 2. The number of imidazole rings is 1. The van der Waals surface area contributed by atoms with E-state index < -0.39 is 0 Å². The number of rotatable bonds is 4. The normalized spacial score (nSPS) is 10.4. The predicted octanol–water partition coefficient (Wildman–Crippen LogP) is 3.28. The number of hydrogen-bond acceptors (Lipinski definition) is 4. The van der Waals surface area contributed by atoms with Crippen LogP contribution < -0.4 is 9.47 Å². The third-order valence-electron chi connectivity index (χ3n) is 3.17. The molecule has 0 amide bonds. The third kappa shape index (κ3) is 2.56. The fourth-order valence-electron chi connectivity index (χ4n) is 2.16. The number of benzene rings is 2. The van der Waals surface area contributed by atoms with Crippen LogP contribution in [0.15, 0.2) is 36.4 Å². The number of H-pyrrole nitrogens is 1. The first-order chi connectivity index (χ1) is 10.7. The summed E-state index contributed by atoms with van der Waals surface area (Å²) in [4.78, 5) is 7.49. The van der Waals surface area contributed by atoms with Gasteiger partial charge in [0, 0.05) is 5.56 Å². The van der Waals surface area contributed by atoms with Crippen molar-refractivity contribution in [1.82, 2.24) is 9.97 Å². The fourth-order valence-corrected chi connectivity index (χ4v) is 2.16. The minimum Gasteiger partial charge on any atom is -0.493 e. The van der Waals surface area contributed by atoms with E-state index in [0.717, 1.165) is 5.56 Å². The van der Waals surface area contributed by atoms with Crippen LogP contribution in [0, 0.1) is 17.1 Å². The summed E-state index contributed by atoms with van der Waals surface area (Å²) in [6.45, 7) is -0.0559. The first-order valence-corrected chi connectivity index (χ1v) is 6.54. The molecule has 6 heteroatoms. The smallest absolute Gasteiger partial charge is 0.174 e. The Balaban J connectivity index is 2.01. The van der Waals surface area contributed by atoms with Gasteiger partial charge in [0.2, 0.25) is 0 Å². The van der Waals surface area contributed by atoms with Gasteiger partial charge in [-0.3, -0.25) is 0 Å². The van der Waals surface area contributed by atoms with E-state index in [1.807, 2.05) is 6.07 Å². The summed E-state index contributed by atoms with van der Waals surface area (Å²) in [6, 6.07) is 11.5. The number of nitrogens with zero attached hydrogens (tertiary/aromatic N) is 2. The summed E-state index contributed by atoms with van der Waals surface area (Å²) in [5, 5.41) is 8.57. The molecule has 0 unspecified atom stereocenters. The maximum atomic E-state index is 13.2. The molecular weight excluding hydrogens is 285 g/mol. The Kier molecular flexibility index (Phi) is 3.62. The fraction of sp³-hybridized carbons (Fsp3) is 0.125. The van der Waals surface area contributed by atoms with Crippen molar-refractivity contribution in [2.24, 2.45) is 0 Å². The zero-order valence-corrected chi connectivity index (χ0v) is 11.8. The number of fused-ring (bicyclic) bond motifs is 1. The molecule has 0 atom stereocenters. The van der Waals surface area contributed by atoms with E-state index in [9.17, 15) is 4.39 Å². The summed E-state index contributed by atoms with van der Waals surface area (Å²) < 4.78 is 23.8. The number of methoxy groups -OCH3 is 1. The van der Waals surface area contributed by atoms with Crippen LogP contribution >= 0.6 is 0 Å². The maximum Gasteiger partial charge on any atom is 0.174 e. The van der Waals surface area contributed by atoms with Crippen LogP contribution in [-0.4, -0.2) is 23.7 Å². The van der Waals surface area contributed by atoms with Gasteiger partial charge in [0.05, 0.1) is 18.1 Å². The summed E-state index contributed by atoms with van der Waals surface area (Å²) in [6.07, 6.45) is 0. The Hall–Kier alpha value is -3.07. The highest BCUT2D eigenvalue weighted by molar-refractivity contribution is 5.79. The molecule has 0 spiro atoms. The molecule has 0 saturated heterocycles. The van der Waals surface area contributed by atoms with Crippen LogP contribution in [0.2, 0.25) is 0 Å². The zero-order chi connectivity index (χ0) is 15.5. The Morgan fingerprint density at radius 2 is 2.09 bits per heavy atom. The molecule has 2 aromatic carbocycles. The molecule has 0 saturated carbocycles. The van der Waals surface area contributed by atoms with Gasteiger partial charge in [-0.2, -0.15) is 5.26 Å². The largest absolute Gasteiger partial charge is 0.493 e. The van der Waals surface area contributed by atoms with Gasteiger partial charge in [-0.25, -0.2) is 9.37 Å². The van der Waals surface area contributed by atoms with E-state index in [-0.39, 0.29) is 12.4 Å². The highest BCUT2D eigenvalue weighted by Crippen LogP contribution is 2.32. The lowest BCUT2D eigenvalue weighted by Gasteiger charge is -2.09. The number of hydrogen-bond donors (Lipinski definition) is 1. The molecule has 3 aromatic rings. The molecule has 0 radical (unpaired) electrons. The first kappa shape index (κ1) is 13.9. The lowest BCUT2D eigenvalue weighted by Crippen LogP contribution is -1.97. The Morgan fingerprint density at radius 3 is 2.86 bits per heavy atom. The summed E-state index contributed by atoms with van der Waals surface area (Å²) in [5.41, 5.74) is 2.08. The van der Waals surface area contributed by atoms with Crippen molar-refractivity contribution >= 4 is 11.0 Å². The number of aromatic amines is 1. The topological polar surface area (TPSA) is 70.9 Å². The van der Waals surface area contributed by atoms with Crippen molar-refractivity contribution < 1.29 is 13.9 Å². The number of nitrogens with one attached hydrogen (secondary N) is 1. The van der Waals surface area contributed by atoms with Crippen LogP contribution in [0.4, 0.5) is 4.39 Å². The van der Waals surface area contributed by atoms with Gasteiger partial charge in [0.15, 0.2) is 18.1 Å². The number of halogens is 1. The minimum absolute atomic E-state index is 0.0559. The Labute approximate surface area is 125 Å². The second-order valence-electron chi connectivity index (χ2n) is 4.56. The monoisotopic (exact) mass is 297 g/mol. The van der Waals surface area contributed by atoms with Crippen LogP contribution in [-0.2, 0) is 0 Å². The highest BCUT2D eigenvalue weighted by Gasteiger charge is 2.10. The molecule has 5 nitrogen and oxygen atoms in total. The zero-order valence-electron chi connectivity index (χ0n) is 11.8. The summed E-state index contributed by atoms with van der Waals surface area (Å²) in [5.74, 6) is 1.26. The van der Waals surface area contributed by atoms with Crippen molar-refractivity contribution in [1.29, 1.82) is 5.26 Å². The van der Waals surface area contributed by atoms with Crippen LogP contribution in [0.5, 0.6) is 11.5 Å². The Morgan fingerprint density at radius 1 is 1.23 bits per heavy atom. The Bertz CT molecular complexity index is 867. The predicted molar refractivity (Wildman–Crippen MR) is 79.1 cm³/mol. The van der Waals surface area contributed by atoms with Crippen LogP contribution in [0.3, 0.4) is 0 Å². The number of aromatic nitrogens is 2. The second kappa shape index (κ2) is 5.74. The van der Waals surface area contributed by atoms with Gasteiger partial charge >= 0.3 is 0 Å². The van der Waals surface area contributed by atoms with E-state index in [1.54, 1.807) is 24.3 Å². The molecule has 0 aliphatic rings. The SMILES string of the molecule is COc1cc(-c2nc3ccc(F)cc3[nH]2)ccc1OCC#N. The van der Waals surface area contributed by atoms with Crippen molar-refractivity contribution in [3.05, 3.63) is 42.2 Å². The molecule has 110 valence electrons. The van der Waals surface area contributed by atoms with E-state index in [4.69, 9.17) is 14.7 Å². The molecule has 0 aliphatic heterocycles. The van der Waals surface area contributed by atoms with Gasteiger partial charge in [0.25, 0.3) is 0 Å². The standard InChI is InChI=1S/C16H12FN3O2/c1-21-15-8-10(2-5-14(15)22-7-6-18)16-19-12-4-3-11(17)9-13(12)20-16/h2-5,8-9H,7H2,1H3,(H,19,20). The lowest BCUT2D eigenvalue weighted by atomic mass is 10.2. The average Bonchev–Trinajstić information content (AvgIpc) is 2.95. The molecule has 3 rings (SSSR count). The maximum absolute atomic E-state index is 13.2. The van der Waals surface area contributed by atoms with Crippen molar-refractivity contribution in [3.63, 3.8) is 0 Å². The van der Waals surface area contributed by atoms with Crippen molar-refractivity contribution in [3.8, 4) is 29.0 Å². The van der Waals surface area contributed by atoms with E-state index in [2.05, 4.69) is 9.97 Å². The molecule has 0 aliphatic carbocycles. The van der Waals surface area contributed by atoms with Gasteiger partial charge < -0.3 is 14.5 Å². The van der Waals surface area contributed by atoms with Gasteiger partial charge in [-0.15, -0.1) is 0 Å². The van der Waals surface area contributed by atoms with E-state index in [0.29, 0.717) is 28.4 Å². The van der Waals surface area contributed by atoms with Crippen LogP contribution in [0.1, 0.15) is 0 Å². The summed E-state index contributed by atoms with van der Waals surface area (Å²) >= 11 is 0. The molecule has 0 fully saturated rings. The first-order valence-electron chi connectivity index (χ1n) is 6.54.